The molecule has 28 heavy (non-hydrogen) atoms. The van der Waals surface area contributed by atoms with Crippen molar-refractivity contribution in [1.29, 1.82) is 0 Å². The molecule has 8 heteroatoms. The highest BCUT2D eigenvalue weighted by Crippen LogP contribution is 2.18. The molecule has 0 aromatic heterocycles. The zero-order chi connectivity index (χ0) is 20.9. The maximum atomic E-state index is 12.2. The Morgan fingerprint density at radius 1 is 1.04 bits per heavy atom. The number of carbonyl (C=O) groups excluding carboxylic acids is 2. The molecule has 0 radical (unpaired) electrons. The first-order valence-corrected chi connectivity index (χ1v) is 10.7. The van der Waals surface area contributed by atoms with Crippen LogP contribution in [0.1, 0.15) is 40.0 Å². The molecule has 2 aromatic carbocycles. The van der Waals surface area contributed by atoms with E-state index in [0.717, 1.165) is 22.9 Å². The topological polar surface area (TPSA) is 104 Å². The van der Waals surface area contributed by atoms with Gasteiger partial charge >= 0.3 is 0 Å². The molecule has 2 rings (SSSR count). The van der Waals surface area contributed by atoms with Gasteiger partial charge in [-0.15, -0.1) is 0 Å². The van der Waals surface area contributed by atoms with Crippen molar-refractivity contribution >= 4 is 27.5 Å². The van der Waals surface area contributed by atoms with Gasteiger partial charge < -0.3 is 10.6 Å². The van der Waals surface area contributed by atoms with E-state index in [1.54, 1.807) is 43.3 Å². The summed E-state index contributed by atoms with van der Waals surface area (Å²) in [4.78, 5) is 24.4. The minimum Gasteiger partial charge on any atom is -0.348 e. The van der Waals surface area contributed by atoms with Crippen LogP contribution in [0.15, 0.2) is 42.5 Å². The van der Waals surface area contributed by atoms with Crippen LogP contribution in [-0.2, 0) is 14.8 Å². The van der Waals surface area contributed by atoms with E-state index in [-0.39, 0.29) is 24.4 Å². The second-order valence-corrected chi connectivity index (χ2v) is 8.60. The van der Waals surface area contributed by atoms with E-state index in [4.69, 9.17) is 0 Å². The van der Waals surface area contributed by atoms with Gasteiger partial charge in [-0.1, -0.05) is 29.3 Å². The zero-order valence-electron chi connectivity index (χ0n) is 16.4. The lowest BCUT2D eigenvalue weighted by atomic mass is 10.1. The van der Waals surface area contributed by atoms with Gasteiger partial charge in [0.05, 0.1) is 18.8 Å². The third-order valence-electron chi connectivity index (χ3n) is 3.96. The molecule has 0 heterocycles. The van der Waals surface area contributed by atoms with Crippen molar-refractivity contribution in [2.24, 2.45) is 0 Å². The second kappa shape index (κ2) is 8.88. The van der Waals surface area contributed by atoms with Crippen molar-refractivity contribution in [1.82, 2.24) is 10.6 Å². The Hall–Kier alpha value is -2.87. The van der Waals surface area contributed by atoms with Crippen molar-refractivity contribution in [3.8, 4) is 0 Å². The standard InChI is InChI=1S/C20H25N3O4S/c1-13-8-14(2)10-17(9-13)20(25)21-12-19(24)22-15(3)16-6-5-7-18(11-16)23-28(4,26)27/h5-11,15,23H,12H2,1-4H3,(H,21,25)(H,22,24). The molecule has 0 saturated heterocycles. The Bertz CT molecular complexity index is 966. The number of benzene rings is 2. The van der Waals surface area contributed by atoms with E-state index in [1.165, 1.54) is 0 Å². The van der Waals surface area contributed by atoms with Gasteiger partial charge in [0.2, 0.25) is 15.9 Å². The molecule has 0 fully saturated rings. The first-order chi connectivity index (χ1) is 13.0. The number of amides is 2. The molecular formula is C20H25N3O4S. The van der Waals surface area contributed by atoms with Crippen LogP contribution in [0.5, 0.6) is 0 Å². The lowest BCUT2D eigenvalue weighted by Gasteiger charge is -2.16. The van der Waals surface area contributed by atoms with Crippen molar-refractivity contribution in [3.63, 3.8) is 0 Å². The van der Waals surface area contributed by atoms with Gasteiger partial charge in [0.1, 0.15) is 0 Å². The van der Waals surface area contributed by atoms with E-state index >= 15 is 0 Å². The average Bonchev–Trinajstić information content (AvgIpc) is 2.57. The van der Waals surface area contributed by atoms with Crippen molar-refractivity contribution in [2.75, 3.05) is 17.5 Å². The number of nitrogens with one attached hydrogen (secondary N) is 3. The molecule has 7 nitrogen and oxygen atoms in total. The lowest BCUT2D eigenvalue weighted by Crippen LogP contribution is -2.38. The molecule has 2 amide bonds. The van der Waals surface area contributed by atoms with Crippen molar-refractivity contribution in [3.05, 3.63) is 64.7 Å². The number of anilines is 1. The van der Waals surface area contributed by atoms with Crippen LogP contribution in [0.2, 0.25) is 0 Å². The third-order valence-corrected chi connectivity index (χ3v) is 4.57. The van der Waals surface area contributed by atoms with Gasteiger partial charge in [-0.2, -0.15) is 0 Å². The fourth-order valence-electron chi connectivity index (χ4n) is 2.83. The molecule has 1 atom stereocenters. The number of carbonyl (C=O) groups is 2. The largest absolute Gasteiger partial charge is 0.348 e. The van der Waals surface area contributed by atoms with Crippen LogP contribution in [0, 0.1) is 13.8 Å². The van der Waals surface area contributed by atoms with Crippen LogP contribution in [0.4, 0.5) is 5.69 Å². The molecule has 0 spiro atoms. The fraction of sp³-hybridized carbons (Fsp3) is 0.300. The fourth-order valence-corrected chi connectivity index (χ4v) is 3.38. The highest BCUT2D eigenvalue weighted by atomic mass is 32.2. The van der Waals surface area contributed by atoms with E-state index in [9.17, 15) is 18.0 Å². The summed E-state index contributed by atoms with van der Waals surface area (Å²) in [5.41, 5.74) is 3.63. The molecule has 0 aliphatic heterocycles. The summed E-state index contributed by atoms with van der Waals surface area (Å²) in [6, 6.07) is 11.9. The minimum absolute atomic E-state index is 0.155. The summed E-state index contributed by atoms with van der Waals surface area (Å²) >= 11 is 0. The first-order valence-electron chi connectivity index (χ1n) is 8.77. The Morgan fingerprint density at radius 2 is 1.68 bits per heavy atom. The van der Waals surface area contributed by atoms with Crippen molar-refractivity contribution < 1.29 is 18.0 Å². The molecule has 1 unspecified atom stereocenters. The molecule has 0 aliphatic carbocycles. The number of rotatable bonds is 7. The molecule has 3 N–H and O–H groups in total. The molecular weight excluding hydrogens is 378 g/mol. The SMILES string of the molecule is Cc1cc(C)cc(C(=O)NCC(=O)NC(C)c2cccc(NS(C)(=O)=O)c2)c1. The van der Waals surface area contributed by atoms with E-state index in [2.05, 4.69) is 15.4 Å². The van der Waals surface area contributed by atoms with Crippen LogP contribution in [0.25, 0.3) is 0 Å². The molecule has 0 bridgehead atoms. The van der Waals surface area contributed by atoms with Gasteiger partial charge in [-0.05, 0) is 50.6 Å². The molecule has 0 saturated carbocycles. The minimum atomic E-state index is -3.38. The highest BCUT2D eigenvalue weighted by Gasteiger charge is 2.13. The molecule has 150 valence electrons. The van der Waals surface area contributed by atoms with Crippen LogP contribution in [-0.4, -0.2) is 33.0 Å². The van der Waals surface area contributed by atoms with Gasteiger partial charge in [0.25, 0.3) is 5.91 Å². The van der Waals surface area contributed by atoms with Gasteiger partial charge in [-0.25, -0.2) is 8.42 Å². The van der Waals surface area contributed by atoms with Gasteiger partial charge in [0, 0.05) is 11.3 Å². The van der Waals surface area contributed by atoms with E-state index < -0.39 is 10.0 Å². The summed E-state index contributed by atoms with van der Waals surface area (Å²) < 4.78 is 25.1. The normalized spacial score (nSPS) is 12.1. The number of hydrogen-bond donors (Lipinski definition) is 3. The summed E-state index contributed by atoms with van der Waals surface area (Å²) in [6.07, 6.45) is 1.07. The summed E-state index contributed by atoms with van der Waals surface area (Å²) in [6.45, 7) is 5.44. The Kier molecular flexibility index (Phi) is 6.80. The van der Waals surface area contributed by atoms with Crippen LogP contribution in [0.3, 0.4) is 0 Å². The van der Waals surface area contributed by atoms with E-state index in [0.29, 0.717) is 11.3 Å². The number of aryl methyl sites for hydroxylation is 2. The quantitative estimate of drug-likeness (QED) is 0.660. The maximum Gasteiger partial charge on any atom is 0.251 e. The Labute approximate surface area is 165 Å². The summed E-state index contributed by atoms with van der Waals surface area (Å²) in [5.74, 6) is -0.652. The van der Waals surface area contributed by atoms with Crippen LogP contribution < -0.4 is 15.4 Å². The Morgan fingerprint density at radius 3 is 2.29 bits per heavy atom. The highest BCUT2D eigenvalue weighted by molar-refractivity contribution is 7.92. The average molecular weight is 404 g/mol. The number of hydrogen-bond acceptors (Lipinski definition) is 4. The third kappa shape index (κ3) is 6.70. The van der Waals surface area contributed by atoms with Gasteiger partial charge in [0.15, 0.2) is 0 Å². The molecule has 0 aliphatic rings. The predicted octanol–water partition coefficient (Wildman–Crippen LogP) is 2.28. The summed E-state index contributed by atoms with van der Waals surface area (Å²) in [7, 11) is -3.38. The second-order valence-electron chi connectivity index (χ2n) is 6.85. The monoisotopic (exact) mass is 403 g/mol. The molecule has 2 aromatic rings. The Balaban J connectivity index is 1.93. The smallest absolute Gasteiger partial charge is 0.251 e. The van der Waals surface area contributed by atoms with Gasteiger partial charge in [-0.3, -0.25) is 14.3 Å². The number of sulfonamides is 1. The van der Waals surface area contributed by atoms with E-state index in [1.807, 2.05) is 19.9 Å². The zero-order valence-corrected chi connectivity index (χ0v) is 17.2. The lowest BCUT2D eigenvalue weighted by molar-refractivity contribution is -0.120. The van der Waals surface area contributed by atoms with Crippen LogP contribution >= 0.6 is 0 Å². The summed E-state index contributed by atoms with van der Waals surface area (Å²) in [5, 5.41) is 5.39. The first kappa shape index (κ1) is 21.4. The predicted molar refractivity (Wildman–Crippen MR) is 110 cm³/mol. The maximum absolute atomic E-state index is 12.2. The van der Waals surface area contributed by atoms with Crippen molar-refractivity contribution in [2.45, 2.75) is 26.8 Å².